The van der Waals surface area contributed by atoms with Gasteiger partial charge in [0.25, 0.3) is 11.8 Å². The number of hydrogen-bond acceptors (Lipinski definition) is 14. The third-order valence-electron chi connectivity index (χ3n) is 11.6. The molecule has 6 heterocycles. The fourth-order valence-corrected chi connectivity index (χ4v) is 9.35. The largest absolute Gasteiger partial charge is 0.484 e. The Hall–Kier alpha value is -7.28. The zero-order valence-corrected chi connectivity index (χ0v) is 39.9. The molecule has 2 saturated heterocycles. The SMILES string of the molecule is CC(C)(Oc1ccc(Cl)cc1)C(=O)N1CCN(c2nc(N)nc3sc(-c4ccccc4)cc23)CC1.Nc1nc(N2CCN(C(=O)COc3ccc(Cl)cc3)CC2)c2[nH]c(-c3ccc(F)cc3)nc2n1. The lowest BCUT2D eigenvalue weighted by Gasteiger charge is -2.39. The molecule has 0 unspecified atom stereocenters. The van der Waals surface area contributed by atoms with Crippen LogP contribution in [0.25, 0.3) is 43.2 Å². The first-order chi connectivity index (χ1) is 33.3. The maximum atomic E-state index is 13.3. The number of H-pyrrole nitrogens is 1. The van der Waals surface area contributed by atoms with Crippen LogP contribution in [-0.4, -0.2) is 116 Å². The van der Waals surface area contributed by atoms with Gasteiger partial charge in [0, 0.05) is 72.8 Å². The number of carbonyl (C=O) groups is 2. The van der Waals surface area contributed by atoms with E-state index in [0.29, 0.717) is 96.7 Å². The highest BCUT2D eigenvalue weighted by atomic mass is 35.5. The van der Waals surface area contributed by atoms with Gasteiger partial charge in [0.1, 0.15) is 39.3 Å². The second-order valence-corrected chi connectivity index (χ2v) is 18.7. The van der Waals surface area contributed by atoms with E-state index < -0.39 is 5.60 Å². The topological polar surface area (TPSA) is 198 Å². The Bertz CT molecular complexity index is 3090. The summed E-state index contributed by atoms with van der Waals surface area (Å²) in [5.41, 5.74) is 13.9. The molecule has 10 rings (SSSR count). The van der Waals surface area contributed by atoms with Gasteiger partial charge in [-0.3, -0.25) is 9.59 Å². The average Bonchev–Trinajstić information content (AvgIpc) is 3.99. The summed E-state index contributed by atoms with van der Waals surface area (Å²) in [5, 5.41) is 2.21. The number of carbonyl (C=O) groups excluding carboxylic acids is 2. The van der Waals surface area contributed by atoms with Crippen molar-refractivity contribution in [2.75, 3.05) is 80.2 Å². The molecule has 20 heteroatoms. The van der Waals surface area contributed by atoms with E-state index >= 15 is 0 Å². The van der Waals surface area contributed by atoms with Crippen LogP contribution in [0.1, 0.15) is 13.8 Å². The number of nitrogens with one attached hydrogen (secondary N) is 1. The second kappa shape index (κ2) is 20.1. The molecule has 4 aromatic heterocycles. The van der Waals surface area contributed by atoms with E-state index in [4.69, 9.17) is 44.1 Å². The van der Waals surface area contributed by atoms with Crippen LogP contribution in [0.5, 0.6) is 11.5 Å². The van der Waals surface area contributed by atoms with Crippen molar-refractivity contribution < 1.29 is 23.5 Å². The minimum Gasteiger partial charge on any atom is -0.484 e. The number of piperazine rings is 2. The van der Waals surface area contributed by atoms with Gasteiger partial charge in [0.15, 0.2) is 23.7 Å². The summed E-state index contributed by atoms with van der Waals surface area (Å²) in [6.07, 6.45) is 0. The number of anilines is 4. The molecule has 2 aliphatic heterocycles. The van der Waals surface area contributed by atoms with Crippen LogP contribution in [0.2, 0.25) is 10.0 Å². The number of nitrogens with zero attached hydrogens (tertiary/aromatic N) is 9. The highest BCUT2D eigenvalue weighted by Crippen LogP contribution is 2.37. The molecule has 8 aromatic rings. The Labute approximate surface area is 410 Å². The molecular formula is C49H47Cl2FN12O4S. The molecule has 16 nitrogen and oxygen atoms in total. The zero-order valence-electron chi connectivity index (χ0n) is 37.6. The Balaban J connectivity index is 0.000000172. The van der Waals surface area contributed by atoms with E-state index in [1.165, 1.54) is 12.1 Å². The van der Waals surface area contributed by atoms with Crippen molar-refractivity contribution in [1.82, 2.24) is 39.7 Å². The van der Waals surface area contributed by atoms with Gasteiger partial charge in [0.05, 0.1) is 5.39 Å². The number of nitrogen functional groups attached to an aromatic ring is 2. The van der Waals surface area contributed by atoms with E-state index in [0.717, 1.165) is 32.0 Å². The second-order valence-electron chi connectivity index (χ2n) is 16.8. The number of hydrogen-bond donors (Lipinski definition) is 3. The minimum atomic E-state index is -0.999. The van der Waals surface area contributed by atoms with Gasteiger partial charge < -0.3 is 45.5 Å². The number of thiophene rings is 1. The van der Waals surface area contributed by atoms with Crippen LogP contribution in [0.4, 0.5) is 27.9 Å². The predicted molar refractivity (Wildman–Crippen MR) is 269 cm³/mol. The third kappa shape index (κ3) is 10.9. The van der Waals surface area contributed by atoms with Crippen LogP contribution < -0.4 is 30.7 Å². The fourth-order valence-electron chi connectivity index (χ4n) is 8.06. The van der Waals surface area contributed by atoms with Crippen LogP contribution in [0.15, 0.2) is 109 Å². The van der Waals surface area contributed by atoms with Crippen molar-refractivity contribution >= 4 is 91.3 Å². The molecule has 2 aliphatic rings. The molecule has 69 heavy (non-hydrogen) atoms. The molecule has 5 N–H and O–H groups in total. The quantitative estimate of drug-likeness (QED) is 0.119. The predicted octanol–water partition coefficient (Wildman–Crippen LogP) is 8.22. The van der Waals surface area contributed by atoms with Gasteiger partial charge in [-0.25, -0.2) is 14.4 Å². The first kappa shape index (κ1) is 46.8. The maximum Gasteiger partial charge on any atom is 0.266 e. The molecule has 0 aliphatic carbocycles. The number of halogens is 3. The lowest BCUT2D eigenvalue weighted by molar-refractivity contribution is -0.145. The summed E-state index contributed by atoms with van der Waals surface area (Å²) in [6.45, 7) is 8.08. The van der Waals surface area contributed by atoms with E-state index in [2.05, 4.69) is 53.0 Å². The number of aromatic nitrogens is 6. The first-order valence-electron chi connectivity index (χ1n) is 22.1. The Kier molecular flexibility index (Phi) is 13.7. The van der Waals surface area contributed by atoms with Crippen molar-refractivity contribution in [3.8, 4) is 33.3 Å². The number of rotatable bonds is 10. The molecule has 0 bridgehead atoms. The van der Waals surface area contributed by atoms with Crippen LogP contribution in [0, 0.1) is 5.82 Å². The zero-order chi connectivity index (χ0) is 48.2. The number of nitrogens with two attached hydrogens (primary N) is 2. The Morgan fingerprint density at radius 1 is 0.696 bits per heavy atom. The Morgan fingerprint density at radius 3 is 1.93 bits per heavy atom. The molecular weight excluding hydrogens is 943 g/mol. The number of fused-ring (bicyclic) bond motifs is 2. The van der Waals surface area contributed by atoms with E-state index in [9.17, 15) is 14.0 Å². The number of imidazole rings is 1. The Morgan fingerprint density at radius 2 is 1.28 bits per heavy atom. The van der Waals surface area contributed by atoms with Gasteiger partial charge in [-0.2, -0.15) is 15.0 Å². The van der Waals surface area contributed by atoms with Gasteiger partial charge in [0.2, 0.25) is 11.9 Å². The summed E-state index contributed by atoms with van der Waals surface area (Å²) in [7, 11) is 0. The van der Waals surface area contributed by atoms with E-state index in [1.807, 2.05) is 28.0 Å². The lowest BCUT2D eigenvalue weighted by Crippen LogP contribution is -2.56. The molecule has 0 atom stereocenters. The number of amides is 2. The number of benzene rings is 4. The maximum absolute atomic E-state index is 13.3. The van der Waals surface area contributed by atoms with Crippen LogP contribution >= 0.6 is 34.5 Å². The highest BCUT2D eigenvalue weighted by molar-refractivity contribution is 7.22. The third-order valence-corrected chi connectivity index (χ3v) is 13.2. The van der Waals surface area contributed by atoms with E-state index in [1.54, 1.807) is 90.7 Å². The van der Waals surface area contributed by atoms with Gasteiger partial charge in [-0.05, 0) is 98.3 Å². The smallest absolute Gasteiger partial charge is 0.266 e. The lowest BCUT2D eigenvalue weighted by atomic mass is 10.1. The monoisotopic (exact) mass is 988 g/mol. The summed E-state index contributed by atoms with van der Waals surface area (Å²) < 4.78 is 24.9. The van der Waals surface area contributed by atoms with Crippen molar-refractivity contribution in [2.24, 2.45) is 0 Å². The van der Waals surface area contributed by atoms with Crippen molar-refractivity contribution in [2.45, 2.75) is 19.4 Å². The summed E-state index contributed by atoms with van der Waals surface area (Å²) >= 11 is 13.4. The standard InChI is InChI=1S/C26H26ClN5O2S.C23H21ClFN7O2/c1-26(2,34-19-10-8-18(27)9-11-19)24(33)32-14-12-31(13-15-32)22-20-16-21(17-6-4-3-5-7-17)35-23(20)30-25(28)29-22;24-15-3-7-17(8-4-15)34-13-18(33)31-9-11-32(12-10-31)22-19-21(29-23(26)30-22)28-20(27-19)14-1-5-16(25)6-2-14/h3-11,16H,12-15H2,1-2H3,(H2,28,29,30);1-8H,9-13H2,(H3,26,27,28,29,30). The summed E-state index contributed by atoms with van der Waals surface area (Å²) in [5.74, 6) is 3.06. The molecule has 0 radical (unpaired) electrons. The summed E-state index contributed by atoms with van der Waals surface area (Å²) in [6, 6.07) is 32.3. The molecule has 2 amide bonds. The molecule has 0 spiro atoms. The first-order valence-corrected chi connectivity index (χ1v) is 23.7. The average molecular weight is 990 g/mol. The van der Waals surface area contributed by atoms with Crippen molar-refractivity contribution in [3.05, 3.63) is 125 Å². The number of ether oxygens (including phenoxy) is 2. The number of aromatic amines is 1. The van der Waals surface area contributed by atoms with Gasteiger partial charge >= 0.3 is 0 Å². The van der Waals surface area contributed by atoms with E-state index in [-0.39, 0.29) is 36.1 Å². The molecule has 0 saturated carbocycles. The van der Waals surface area contributed by atoms with Crippen LogP contribution in [-0.2, 0) is 9.59 Å². The highest BCUT2D eigenvalue weighted by Gasteiger charge is 2.36. The molecule has 4 aromatic carbocycles. The normalized spacial score (nSPS) is 14.2. The van der Waals surface area contributed by atoms with Crippen molar-refractivity contribution in [1.29, 1.82) is 0 Å². The fraction of sp³-hybridized carbons (Fsp3) is 0.245. The van der Waals surface area contributed by atoms with Gasteiger partial charge in [-0.15, -0.1) is 11.3 Å². The van der Waals surface area contributed by atoms with Gasteiger partial charge in [-0.1, -0.05) is 53.5 Å². The molecule has 2 fully saturated rings. The molecule has 354 valence electrons. The minimum absolute atomic E-state index is 0.0477. The van der Waals surface area contributed by atoms with Crippen molar-refractivity contribution in [3.63, 3.8) is 0 Å². The summed E-state index contributed by atoms with van der Waals surface area (Å²) in [4.78, 5) is 61.1. The van der Waals surface area contributed by atoms with Crippen LogP contribution in [0.3, 0.4) is 0 Å².